The number of hydrogen-bond acceptors (Lipinski definition) is 6. The van der Waals surface area contributed by atoms with Crippen molar-refractivity contribution in [2.75, 3.05) is 5.32 Å². The quantitative estimate of drug-likeness (QED) is 0.856. The molecule has 0 spiro atoms. The molecule has 2 N–H and O–H groups in total. The number of aromatic nitrogens is 3. The molecule has 0 bridgehead atoms. The second kappa shape index (κ2) is 4.88. The molecule has 7 heteroatoms. The molecule has 88 valence electrons. The molecule has 2 aromatic rings. The topological polar surface area (TPSA) is 88.0 Å². The van der Waals surface area contributed by atoms with Gasteiger partial charge in [0.15, 0.2) is 0 Å². The normalized spacial score (nSPS) is 10.2. The van der Waals surface area contributed by atoms with Gasteiger partial charge in [-0.2, -0.15) is 4.37 Å². The minimum atomic E-state index is -0.971. The molecule has 0 unspecified atom stereocenters. The fourth-order valence-electron chi connectivity index (χ4n) is 1.34. The molecule has 0 aliphatic rings. The van der Waals surface area contributed by atoms with Crippen molar-refractivity contribution >= 4 is 22.5 Å². The summed E-state index contributed by atoms with van der Waals surface area (Å²) in [5.74, 6) is -0.971. The lowest BCUT2D eigenvalue weighted by Gasteiger charge is -2.03. The first-order valence-corrected chi connectivity index (χ1v) is 5.64. The van der Waals surface area contributed by atoms with Crippen LogP contribution >= 0.6 is 11.5 Å². The molecule has 0 saturated heterocycles. The molecule has 2 aromatic heterocycles. The Hall–Kier alpha value is -2.02. The summed E-state index contributed by atoms with van der Waals surface area (Å²) in [6.45, 7) is 2.13. The molecule has 17 heavy (non-hydrogen) atoms. The maximum Gasteiger partial charge on any atom is 0.340 e. The van der Waals surface area contributed by atoms with Crippen LogP contribution in [0.25, 0.3) is 0 Å². The molecule has 6 nitrogen and oxygen atoms in total. The van der Waals surface area contributed by atoms with E-state index < -0.39 is 5.97 Å². The molecule has 2 rings (SSSR count). The second-order valence-corrected chi connectivity index (χ2v) is 4.10. The highest BCUT2D eigenvalue weighted by Gasteiger charge is 2.17. The van der Waals surface area contributed by atoms with E-state index in [1.54, 1.807) is 19.2 Å². The van der Waals surface area contributed by atoms with Crippen LogP contribution in [-0.4, -0.2) is 25.4 Å². The maximum atomic E-state index is 11.0. The van der Waals surface area contributed by atoms with Gasteiger partial charge in [-0.15, -0.1) is 0 Å². The second-order valence-electron chi connectivity index (χ2n) is 3.33. The Balaban J connectivity index is 2.12. The molecule has 0 aliphatic carbocycles. The number of nitrogens with zero attached hydrogens (tertiary/aromatic N) is 3. The van der Waals surface area contributed by atoms with Crippen LogP contribution in [0, 0.1) is 6.92 Å². The van der Waals surface area contributed by atoms with Crippen LogP contribution in [0.4, 0.5) is 5.00 Å². The van der Waals surface area contributed by atoms with E-state index in [1.807, 2.05) is 0 Å². The molecule has 0 radical (unpaired) electrons. The van der Waals surface area contributed by atoms with Crippen LogP contribution in [0.1, 0.15) is 21.7 Å². The Morgan fingerprint density at radius 2 is 2.41 bits per heavy atom. The van der Waals surface area contributed by atoms with Crippen LogP contribution in [-0.2, 0) is 6.54 Å². The van der Waals surface area contributed by atoms with Crippen molar-refractivity contribution < 1.29 is 9.90 Å². The van der Waals surface area contributed by atoms with Gasteiger partial charge in [0.2, 0.25) is 0 Å². The molecule has 0 atom stereocenters. The van der Waals surface area contributed by atoms with Crippen molar-refractivity contribution in [2.24, 2.45) is 0 Å². The van der Waals surface area contributed by atoms with Gasteiger partial charge >= 0.3 is 5.97 Å². The summed E-state index contributed by atoms with van der Waals surface area (Å²) in [7, 11) is 0. The SMILES string of the molecule is Cc1nsc(NCc2ccncn2)c1C(=O)O. The van der Waals surface area contributed by atoms with E-state index in [0.717, 1.165) is 17.2 Å². The third-order valence-corrected chi connectivity index (χ3v) is 3.05. The molecule has 0 aromatic carbocycles. The standard InChI is InChI=1S/C10H10N4O2S/c1-6-8(10(15)16)9(17-14-6)12-4-7-2-3-11-5-13-7/h2-3,5,12H,4H2,1H3,(H,15,16). The first-order chi connectivity index (χ1) is 8.18. The highest BCUT2D eigenvalue weighted by molar-refractivity contribution is 7.10. The van der Waals surface area contributed by atoms with Crippen LogP contribution in [0.2, 0.25) is 0 Å². The average Bonchev–Trinajstić information content (AvgIpc) is 2.69. The van der Waals surface area contributed by atoms with Crippen molar-refractivity contribution in [2.45, 2.75) is 13.5 Å². The first kappa shape index (κ1) is 11.5. The van der Waals surface area contributed by atoms with E-state index in [9.17, 15) is 4.79 Å². The Kier molecular flexibility index (Phi) is 3.29. The minimum absolute atomic E-state index is 0.226. The third kappa shape index (κ3) is 2.56. The number of rotatable bonds is 4. The van der Waals surface area contributed by atoms with E-state index in [4.69, 9.17) is 5.11 Å². The van der Waals surface area contributed by atoms with Gasteiger partial charge in [0, 0.05) is 6.20 Å². The summed E-state index contributed by atoms with van der Waals surface area (Å²) in [4.78, 5) is 18.9. The summed E-state index contributed by atoms with van der Waals surface area (Å²) in [6, 6.07) is 1.77. The van der Waals surface area contributed by atoms with Crippen LogP contribution in [0.3, 0.4) is 0 Å². The lowest BCUT2D eigenvalue weighted by atomic mass is 10.2. The van der Waals surface area contributed by atoms with E-state index in [2.05, 4.69) is 19.7 Å². The zero-order valence-corrected chi connectivity index (χ0v) is 9.86. The molecular formula is C10H10N4O2S. The minimum Gasteiger partial charge on any atom is -0.478 e. The zero-order valence-electron chi connectivity index (χ0n) is 9.04. The summed E-state index contributed by atoms with van der Waals surface area (Å²) < 4.78 is 4.02. The predicted octanol–water partition coefficient (Wildman–Crippen LogP) is 1.55. The number of aryl methyl sites for hydroxylation is 1. The molecular weight excluding hydrogens is 240 g/mol. The number of carboxylic acid groups (broad SMARTS) is 1. The number of carbonyl (C=O) groups is 1. The van der Waals surface area contributed by atoms with Gasteiger partial charge < -0.3 is 10.4 Å². The molecule has 0 fully saturated rings. The highest BCUT2D eigenvalue weighted by atomic mass is 32.1. The lowest BCUT2D eigenvalue weighted by molar-refractivity contribution is 0.0697. The lowest BCUT2D eigenvalue weighted by Crippen LogP contribution is -2.05. The predicted molar refractivity (Wildman–Crippen MR) is 63.2 cm³/mol. The van der Waals surface area contributed by atoms with Crippen molar-refractivity contribution in [3.8, 4) is 0 Å². The van der Waals surface area contributed by atoms with E-state index in [1.165, 1.54) is 6.33 Å². The Labute approximate surface area is 102 Å². The zero-order chi connectivity index (χ0) is 12.3. The number of anilines is 1. The number of hydrogen-bond donors (Lipinski definition) is 2. The van der Waals surface area contributed by atoms with Crippen LogP contribution < -0.4 is 5.32 Å². The van der Waals surface area contributed by atoms with E-state index in [-0.39, 0.29) is 5.56 Å². The van der Waals surface area contributed by atoms with Gasteiger partial charge in [0.05, 0.1) is 17.9 Å². The monoisotopic (exact) mass is 250 g/mol. The van der Waals surface area contributed by atoms with Crippen molar-refractivity contribution in [3.05, 3.63) is 35.5 Å². The maximum absolute atomic E-state index is 11.0. The van der Waals surface area contributed by atoms with E-state index in [0.29, 0.717) is 17.2 Å². The van der Waals surface area contributed by atoms with Gasteiger partial charge in [-0.25, -0.2) is 14.8 Å². The summed E-state index contributed by atoms with van der Waals surface area (Å²) in [6.07, 6.45) is 3.09. The van der Waals surface area contributed by atoms with Crippen LogP contribution in [0.5, 0.6) is 0 Å². The largest absolute Gasteiger partial charge is 0.478 e. The number of nitrogens with one attached hydrogen (secondary N) is 1. The first-order valence-electron chi connectivity index (χ1n) is 4.87. The summed E-state index contributed by atoms with van der Waals surface area (Å²) >= 11 is 1.14. The Morgan fingerprint density at radius 1 is 1.59 bits per heavy atom. The van der Waals surface area contributed by atoms with Crippen molar-refractivity contribution in [1.29, 1.82) is 0 Å². The average molecular weight is 250 g/mol. The third-order valence-electron chi connectivity index (χ3n) is 2.15. The molecule has 0 amide bonds. The fourth-order valence-corrected chi connectivity index (χ4v) is 2.12. The van der Waals surface area contributed by atoms with Gasteiger partial charge in [-0.05, 0) is 24.5 Å². The molecule has 2 heterocycles. The fraction of sp³-hybridized carbons (Fsp3) is 0.200. The molecule has 0 saturated carbocycles. The number of aromatic carboxylic acids is 1. The Morgan fingerprint density at radius 3 is 3.06 bits per heavy atom. The summed E-state index contributed by atoms with van der Waals surface area (Å²) in [5, 5.41) is 12.6. The van der Waals surface area contributed by atoms with Gasteiger partial charge in [-0.1, -0.05) is 0 Å². The van der Waals surface area contributed by atoms with Crippen molar-refractivity contribution in [1.82, 2.24) is 14.3 Å². The summed E-state index contributed by atoms with van der Waals surface area (Å²) in [5.41, 5.74) is 1.54. The van der Waals surface area contributed by atoms with Gasteiger partial charge in [0.1, 0.15) is 16.9 Å². The highest BCUT2D eigenvalue weighted by Crippen LogP contribution is 2.24. The number of carboxylic acids is 1. The van der Waals surface area contributed by atoms with E-state index >= 15 is 0 Å². The Bertz CT molecular complexity index is 526. The smallest absolute Gasteiger partial charge is 0.340 e. The van der Waals surface area contributed by atoms with Crippen molar-refractivity contribution in [3.63, 3.8) is 0 Å². The van der Waals surface area contributed by atoms with Crippen LogP contribution in [0.15, 0.2) is 18.6 Å². The molecule has 0 aliphatic heterocycles. The van der Waals surface area contributed by atoms with Gasteiger partial charge in [0.25, 0.3) is 0 Å². The van der Waals surface area contributed by atoms with Gasteiger partial charge in [-0.3, -0.25) is 0 Å².